The van der Waals surface area contributed by atoms with E-state index < -0.39 is 28.9 Å². The molecule has 0 saturated heterocycles. The summed E-state index contributed by atoms with van der Waals surface area (Å²) in [5.41, 5.74) is 14.3. The van der Waals surface area contributed by atoms with Gasteiger partial charge in [-0.15, -0.1) is 0 Å². The van der Waals surface area contributed by atoms with Crippen molar-refractivity contribution in [1.29, 1.82) is 0 Å². The fraction of sp³-hybridized carbons (Fsp3) is 0.408. The smallest absolute Gasteiger partial charge is 1.00 e. The second-order valence-corrected chi connectivity index (χ2v) is 30.1. The van der Waals surface area contributed by atoms with Crippen molar-refractivity contribution in [2.45, 2.75) is 125 Å². The largest absolute Gasteiger partial charge is 1.00 e. The van der Waals surface area contributed by atoms with Gasteiger partial charge in [-0.2, -0.15) is 0 Å². The minimum absolute atomic E-state index is 0. The third-order valence-corrected chi connectivity index (χ3v) is 20.1. The molecule has 0 aliphatic heterocycles. The van der Waals surface area contributed by atoms with Crippen LogP contribution in [0, 0.1) is 0 Å². The molecule has 58 heavy (non-hydrogen) atoms. The van der Waals surface area contributed by atoms with E-state index in [0.717, 1.165) is 24.0 Å². The van der Waals surface area contributed by atoms with Gasteiger partial charge in [0.1, 0.15) is 0 Å². The van der Waals surface area contributed by atoms with Gasteiger partial charge >= 0.3 is 378 Å². The summed E-state index contributed by atoms with van der Waals surface area (Å²) < 4.78 is 1.10. The first-order chi connectivity index (χ1) is 25.6. The molecule has 0 saturated carbocycles. The van der Waals surface area contributed by atoms with Crippen LogP contribution in [-0.2, 0) is 56.9 Å². The van der Waals surface area contributed by atoms with E-state index in [9.17, 15) is 0 Å². The van der Waals surface area contributed by atoms with Gasteiger partial charge in [-0.25, -0.2) is 0 Å². The minimum atomic E-state index is -3.34. The first-order valence-electron chi connectivity index (χ1n) is 19.4. The van der Waals surface area contributed by atoms with Crippen LogP contribution in [0.15, 0.2) is 88.2 Å². The monoisotopic (exact) mass is 1010 g/mol. The zero-order valence-electron chi connectivity index (χ0n) is 35.5. The van der Waals surface area contributed by atoms with Gasteiger partial charge in [0.2, 0.25) is 0 Å². The Morgan fingerprint density at radius 3 is 1.43 bits per heavy atom. The average molecular weight is 1020 g/mol. The number of allylic oxidation sites excluding steroid dienone is 4. The molecule has 0 nitrogen and oxygen atoms in total. The van der Waals surface area contributed by atoms with Crippen LogP contribution in [0.2, 0.25) is 0 Å². The zero-order valence-corrected chi connectivity index (χ0v) is 44.0. The Morgan fingerprint density at radius 2 is 1.02 bits per heavy atom. The third kappa shape index (κ3) is 10.3. The molecule has 0 atom stereocenters. The molecular formula is C49H54Cl8Zr. The molecule has 9 heteroatoms. The van der Waals surface area contributed by atoms with Crippen LogP contribution in [0.1, 0.15) is 145 Å². The molecule has 4 aromatic carbocycles. The molecule has 0 bridgehead atoms. The maximum Gasteiger partial charge on any atom is -1.00 e. The van der Waals surface area contributed by atoms with Crippen molar-refractivity contribution in [1.82, 2.24) is 0 Å². The summed E-state index contributed by atoms with van der Waals surface area (Å²) in [7, 11) is 0. The van der Waals surface area contributed by atoms with E-state index in [-0.39, 0.29) is 46.5 Å². The standard InChI is InChI=1S/C29H41.C15H8Cl6.C5H5.2ClH.Zr/c1-26(2,3)22-14-18-13-19-15-23(27(4,5)6)25(29(10,11)12)17-21(19)20(18)16-24(22)28(7,8)9;16-14(17,18)12-5-1-3-10(8-12)7-11-4-2-6-13(9-11)15(19,20)21;1-2-4-5-3-1;;;/h14,16-17H,13H2,1-12H3;1-6,8-9H;1-3H,4H2;2*1H;/q;;;;;+2/p-2. The van der Waals surface area contributed by atoms with Crippen molar-refractivity contribution in [2.24, 2.45) is 0 Å². The Balaban J connectivity index is 0.00000372. The summed E-state index contributed by atoms with van der Waals surface area (Å²) in [6.45, 7) is 28.3. The normalized spacial score (nSPS) is 14.2. The maximum absolute atomic E-state index is 6.63. The third-order valence-electron chi connectivity index (χ3n) is 11.1. The van der Waals surface area contributed by atoms with E-state index in [1.54, 1.807) is 0 Å². The number of halogens is 8. The zero-order chi connectivity index (χ0) is 41.6. The number of rotatable bonds is 4. The Labute approximate surface area is 398 Å². The van der Waals surface area contributed by atoms with Crippen molar-refractivity contribution in [3.8, 4) is 11.1 Å². The summed E-state index contributed by atoms with van der Waals surface area (Å²) in [6.07, 6.45) is 8.68. The molecule has 0 fully saturated rings. The molecule has 0 aromatic heterocycles. The fourth-order valence-electron chi connectivity index (χ4n) is 8.50. The van der Waals surface area contributed by atoms with Gasteiger partial charge in [0.15, 0.2) is 0 Å². The summed E-state index contributed by atoms with van der Waals surface area (Å²) in [5.74, 6) is 0. The van der Waals surface area contributed by atoms with Gasteiger partial charge in [-0.3, -0.25) is 0 Å². The van der Waals surface area contributed by atoms with Gasteiger partial charge in [-0.05, 0) is 0 Å². The Hall–Kier alpha value is -0.567. The molecular weight excluding hydrogens is 963 g/mol. The van der Waals surface area contributed by atoms with Gasteiger partial charge in [-0.1, -0.05) is 0 Å². The molecule has 0 heterocycles. The predicted octanol–water partition coefficient (Wildman–Crippen LogP) is 9.47. The second-order valence-electron chi connectivity index (χ2n) is 19.7. The maximum atomic E-state index is 6.63. The summed E-state index contributed by atoms with van der Waals surface area (Å²) in [4.78, 5) is 0. The fourth-order valence-corrected chi connectivity index (χ4v) is 18.2. The van der Waals surface area contributed by atoms with E-state index in [2.05, 4.69) is 144 Å². The number of hydrogen-bond acceptors (Lipinski definition) is 0. The van der Waals surface area contributed by atoms with Crippen LogP contribution in [0.3, 0.4) is 0 Å². The number of fused-ring (bicyclic) bond motifs is 3. The molecule has 0 N–H and O–H groups in total. The Kier molecular flexibility index (Phi) is 15.1. The summed E-state index contributed by atoms with van der Waals surface area (Å²) in [5, 5.41) is 0. The van der Waals surface area contributed by atoms with Crippen LogP contribution < -0.4 is 28.1 Å². The molecule has 0 amide bonds. The second kappa shape index (κ2) is 17.5. The average Bonchev–Trinajstić information content (AvgIpc) is 3.72. The number of benzene rings is 4. The van der Waals surface area contributed by atoms with Crippen LogP contribution >= 0.6 is 69.6 Å². The van der Waals surface area contributed by atoms with Crippen LogP contribution in [0.5, 0.6) is 0 Å². The van der Waals surface area contributed by atoms with Crippen LogP contribution in [-0.4, -0.2) is 3.21 Å². The van der Waals surface area contributed by atoms with Crippen molar-refractivity contribution < 1.29 is 46.1 Å². The summed E-state index contributed by atoms with van der Waals surface area (Å²) in [6, 6.07) is 23.9. The van der Waals surface area contributed by atoms with Gasteiger partial charge in [0.25, 0.3) is 0 Å². The predicted molar refractivity (Wildman–Crippen MR) is 246 cm³/mol. The Bertz CT molecular complexity index is 2250. The van der Waals surface area contributed by atoms with Crippen molar-refractivity contribution in [2.75, 3.05) is 0 Å². The molecule has 2 aliphatic carbocycles. The molecule has 2 aliphatic rings. The van der Waals surface area contributed by atoms with Crippen LogP contribution in [0.4, 0.5) is 0 Å². The quantitative estimate of drug-likeness (QED) is 0.158. The topological polar surface area (TPSA) is 0 Å². The first kappa shape index (κ1) is 50.1. The molecule has 0 radical (unpaired) electrons. The van der Waals surface area contributed by atoms with Crippen molar-refractivity contribution in [3.63, 3.8) is 0 Å². The first-order valence-corrected chi connectivity index (χ1v) is 25.4. The van der Waals surface area contributed by atoms with E-state index >= 15 is 0 Å². The molecule has 4 aromatic rings. The molecule has 0 spiro atoms. The van der Waals surface area contributed by atoms with Gasteiger partial charge in [0, 0.05) is 0 Å². The molecule has 6 rings (SSSR count). The molecule has 0 unspecified atom stereocenters. The number of alkyl halides is 6. The summed E-state index contributed by atoms with van der Waals surface area (Å²) >= 11 is 36.4. The van der Waals surface area contributed by atoms with Gasteiger partial charge in [0.05, 0.1) is 0 Å². The van der Waals surface area contributed by atoms with E-state index in [4.69, 9.17) is 69.6 Å². The van der Waals surface area contributed by atoms with E-state index in [1.165, 1.54) is 54.3 Å². The van der Waals surface area contributed by atoms with Gasteiger partial charge < -0.3 is 24.8 Å². The molecule has 310 valence electrons. The van der Waals surface area contributed by atoms with Crippen LogP contribution in [0.25, 0.3) is 11.1 Å². The van der Waals surface area contributed by atoms with E-state index in [0.29, 0.717) is 11.1 Å². The Morgan fingerprint density at radius 1 is 0.552 bits per heavy atom. The minimum Gasteiger partial charge on any atom is -1.00 e. The SMILES string of the molecule is CC(C)(C)c1cc2c(cc1C(C)(C)C)-c1cc(C(C)(C)C)c(C(C)(C)C)[c]([Zr+2]([C]3=CC=CC3)=[C](c3cccc(C(Cl)(Cl)Cl)c3)c3cccc(C(Cl)(Cl)Cl)c3)c1C2.[Cl-].[Cl-]. The van der Waals surface area contributed by atoms with Crippen molar-refractivity contribution in [3.05, 3.63) is 144 Å². The van der Waals surface area contributed by atoms with E-state index in [1.807, 2.05) is 24.3 Å². The van der Waals surface area contributed by atoms with Crippen molar-refractivity contribution >= 4 is 76.1 Å². The number of hydrogen-bond donors (Lipinski definition) is 0.